The van der Waals surface area contributed by atoms with Crippen LogP contribution in [0.25, 0.3) is 0 Å². The zero-order valence-corrected chi connectivity index (χ0v) is 16.8. The number of benzene rings is 1. The van der Waals surface area contributed by atoms with Crippen molar-refractivity contribution < 1.29 is 4.74 Å². The second kappa shape index (κ2) is 11.0. The van der Waals surface area contributed by atoms with Gasteiger partial charge >= 0.3 is 0 Å². The fourth-order valence-electron chi connectivity index (χ4n) is 3.30. The highest BCUT2D eigenvalue weighted by Gasteiger charge is 2.24. The Hall–Kier alpha value is -1.79. The number of nitrogens with zero attached hydrogens (tertiary/aromatic N) is 3. The first-order chi connectivity index (χ1) is 12.7. The van der Waals surface area contributed by atoms with Crippen LogP contribution in [0.15, 0.2) is 29.3 Å². The van der Waals surface area contributed by atoms with Gasteiger partial charge in [-0.2, -0.15) is 0 Å². The summed E-state index contributed by atoms with van der Waals surface area (Å²) >= 11 is 0. The van der Waals surface area contributed by atoms with Crippen molar-refractivity contribution in [1.29, 1.82) is 0 Å². The third kappa shape index (κ3) is 6.18. The highest BCUT2D eigenvalue weighted by Crippen LogP contribution is 2.27. The van der Waals surface area contributed by atoms with Gasteiger partial charge in [-0.15, -0.1) is 0 Å². The number of nitrogens with one attached hydrogen (secondary N) is 2. The zero-order chi connectivity index (χ0) is 18.8. The fraction of sp³-hybridized carbons (Fsp3) is 0.650. The molecule has 1 aliphatic rings. The maximum atomic E-state index is 5.42. The molecule has 6 heteroatoms. The number of aliphatic imine (C=N–C) groups is 1. The van der Waals surface area contributed by atoms with Crippen LogP contribution in [0.4, 0.5) is 0 Å². The van der Waals surface area contributed by atoms with Crippen LogP contribution in [0.3, 0.4) is 0 Å². The van der Waals surface area contributed by atoms with Gasteiger partial charge in [-0.1, -0.05) is 19.1 Å². The summed E-state index contributed by atoms with van der Waals surface area (Å²) < 4.78 is 5.42. The van der Waals surface area contributed by atoms with E-state index in [2.05, 4.69) is 57.6 Å². The second-order valence-corrected chi connectivity index (χ2v) is 6.81. The SMILES string of the molecule is CCN(C)CCNC(=NC)NCC(c1cccc(OC)c1)N1CCCC1. The second-order valence-electron chi connectivity index (χ2n) is 6.81. The standard InChI is InChI=1S/C20H35N5O/c1-5-24(3)14-11-22-20(21-2)23-16-19(25-12-6-7-13-25)17-9-8-10-18(15-17)26-4/h8-10,15,19H,5-7,11-14,16H2,1-4H3,(H2,21,22,23). The van der Waals surface area contributed by atoms with Gasteiger partial charge in [0.2, 0.25) is 0 Å². The highest BCUT2D eigenvalue weighted by molar-refractivity contribution is 5.79. The van der Waals surface area contributed by atoms with Crippen molar-refractivity contribution in [1.82, 2.24) is 20.4 Å². The van der Waals surface area contributed by atoms with Crippen LogP contribution in [0, 0.1) is 0 Å². The predicted molar refractivity (Wildman–Crippen MR) is 109 cm³/mol. The molecule has 2 N–H and O–H groups in total. The van der Waals surface area contributed by atoms with E-state index in [1.165, 1.54) is 18.4 Å². The lowest BCUT2D eigenvalue weighted by atomic mass is 10.1. The average Bonchev–Trinajstić information content (AvgIpc) is 3.21. The summed E-state index contributed by atoms with van der Waals surface area (Å²) in [7, 11) is 5.68. The molecule has 0 bridgehead atoms. The first-order valence-corrected chi connectivity index (χ1v) is 9.69. The minimum absolute atomic E-state index is 0.324. The molecule has 0 aliphatic carbocycles. The molecule has 26 heavy (non-hydrogen) atoms. The largest absolute Gasteiger partial charge is 0.497 e. The Labute approximate surface area is 158 Å². The molecular weight excluding hydrogens is 326 g/mol. The van der Waals surface area contributed by atoms with Crippen LogP contribution in [0.5, 0.6) is 5.75 Å². The topological polar surface area (TPSA) is 52.1 Å². The van der Waals surface area contributed by atoms with Gasteiger partial charge in [-0.05, 0) is 57.2 Å². The summed E-state index contributed by atoms with van der Waals surface area (Å²) in [6, 6.07) is 8.74. The molecule has 1 atom stereocenters. The number of methoxy groups -OCH3 is 1. The van der Waals surface area contributed by atoms with Gasteiger partial charge in [0, 0.05) is 26.7 Å². The van der Waals surface area contributed by atoms with E-state index in [1.807, 2.05) is 13.1 Å². The van der Waals surface area contributed by atoms with Crippen molar-refractivity contribution >= 4 is 5.96 Å². The summed E-state index contributed by atoms with van der Waals surface area (Å²) in [5.74, 6) is 1.78. The monoisotopic (exact) mass is 361 g/mol. The Morgan fingerprint density at radius 3 is 2.73 bits per heavy atom. The lowest BCUT2D eigenvalue weighted by Crippen LogP contribution is -2.44. The van der Waals surface area contributed by atoms with E-state index in [-0.39, 0.29) is 0 Å². The van der Waals surface area contributed by atoms with Gasteiger partial charge in [0.25, 0.3) is 0 Å². The van der Waals surface area contributed by atoms with Gasteiger partial charge in [-0.3, -0.25) is 9.89 Å². The van der Waals surface area contributed by atoms with E-state index >= 15 is 0 Å². The highest BCUT2D eigenvalue weighted by atomic mass is 16.5. The van der Waals surface area contributed by atoms with Crippen LogP contribution in [0.1, 0.15) is 31.4 Å². The Balaban J connectivity index is 1.97. The maximum Gasteiger partial charge on any atom is 0.191 e. The molecule has 0 spiro atoms. The lowest BCUT2D eigenvalue weighted by molar-refractivity contribution is 0.245. The molecule has 1 saturated heterocycles. The molecule has 1 aromatic carbocycles. The van der Waals surface area contributed by atoms with E-state index in [9.17, 15) is 0 Å². The van der Waals surface area contributed by atoms with Crippen molar-refractivity contribution in [2.24, 2.45) is 4.99 Å². The quantitative estimate of drug-likeness (QED) is 0.520. The van der Waals surface area contributed by atoms with E-state index in [0.29, 0.717) is 6.04 Å². The number of hydrogen-bond acceptors (Lipinski definition) is 4. The summed E-state index contributed by atoms with van der Waals surface area (Å²) in [6.45, 7) is 8.24. The van der Waals surface area contributed by atoms with Crippen LogP contribution in [-0.2, 0) is 0 Å². The fourth-order valence-corrected chi connectivity index (χ4v) is 3.30. The third-order valence-corrected chi connectivity index (χ3v) is 5.07. The molecule has 6 nitrogen and oxygen atoms in total. The van der Waals surface area contributed by atoms with E-state index in [4.69, 9.17) is 4.74 Å². The molecule has 1 unspecified atom stereocenters. The third-order valence-electron chi connectivity index (χ3n) is 5.07. The summed E-state index contributed by atoms with van der Waals surface area (Å²) in [5.41, 5.74) is 1.29. The maximum absolute atomic E-state index is 5.42. The number of rotatable bonds is 9. The van der Waals surface area contributed by atoms with Crippen molar-refractivity contribution in [3.63, 3.8) is 0 Å². The minimum atomic E-state index is 0.324. The van der Waals surface area contributed by atoms with Crippen LogP contribution < -0.4 is 15.4 Å². The Morgan fingerprint density at radius 1 is 1.31 bits per heavy atom. The van der Waals surface area contributed by atoms with Crippen LogP contribution in [0.2, 0.25) is 0 Å². The van der Waals surface area contributed by atoms with Crippen LogP contribution in [-0.4, -0.2) is 76.2 Å². The van der Waals surface area contributed by atoms with Crippen molar-refractivity contribution in [2.75, 3.05) is 60.5 Å². The summed E-state index contributed by atoms with van der Waals surface area (Å²) in [5, 5.41) is 6.92. The Morgan fingerprint density at radius 2 is 2.08 bits per heavy atom. The number of ether oxygens (including phenoxy) is 1. The minimum Gasteiger partial charge on any atom is -0.497 e. The smallest absolute Gasteiger partial charge is 0.191 e. The molecule has 1 heterocycles. The molecule has 2 rings (SSSR count). The van der Waals surface area contributed by atoms with E-state index < -0.39 is 0 Å². The van der Waals surface area contributed by atoms with Gasteiger partial charge < -0.3 is 20.3 Å². The summed E-state index contributed by atoms with van der Waals surface area (Å²) in [6.07, 6.45) is 2.55. The first kappa shape index (κ1) is 20.5. The molecule has 0 amide bonds. The Kier molecular flexibility index (Phi) is 8.71. The van der Waals surface area contributed by atoms with Crippen LogP contribution >= 0.6 is 0 Å². The molecule has 146 valence electrons. The molecule has 1 aromatic rings. The molecule has 1 fully saturated rings. The summed E-state index contributed by atoms with van der Waals surface area (Å²) in [4.78, 5) is 9.21. The van der Waals surface area contributed by atoms with Gasteiger partial charge in [0.05, 0.1) is 13.2 Å². The van der Waals surface area contributed by atoms with Crippen molar-refractivity contribution in [3.05, 3.63) is 29.8 Å². The normalized spacial score (nSPS) is 16.7. The molecular formula is C20H35N5O. The predicted octanol–water partition coefficient (Wildman–Crippen LogP) is 1.95. The Bertz CT molecular complexity index is 557. The molecule has 0 aromatic heterocycles. The molecule has 0 saturated carbocycles. The van der Waals surface area contributed by atoms with Crippen molar-refractivity contribution in [2.45, 2.75) is 25.8 Å². The van der Waals surface area contributed by atoms with Crippen molar-refractivity contribution in [3.8, 4) is 5.75 Å². The lowest BCUT2D eigenvalue weighted by Gasteiger charge is -2.29. The number of hydrogen-bond donors (Lipinski definition) is 2. The molecule has 0 radical (unpaired) electrons. The molecule has 1 aliphatic heterocycles. The van der Waals surface area contributed by atoms with E-state index in [0.717, 1.165) is 51.0 Å². The first-order valence-electron chi connectivity index (χ1n) is 9.69. The number of guanidine groups is 1. The average molecular weight is 362 g/mol. The van der Waals surface area contributed by atoms with Gasteiger partial charge in [0.1, 0.15) is 5.75 Å². The number of likely N-dealkylation sites (N-methyl/N-ethyl adjacent to an activating group) is 1. The van der Waals surface area contributed by atoms with Gasteiger partial charge in [0.15, 0.2) is 5.96 Å². The van der Waals surface area contributed by atoms with E-state index in [1.54, 1.807) is 7.11 Å². The van der Waals surface area contributed by atoms with Gasteiger partial charge in [-0.25, -0.2) is 0 Å². The number of likely N-dealkylation sites (tertiary alicyclic amines) is 1. The zero-order valence-electron chi connectivity index (χ0n) is 16.8.